The first kappa shape index (κ1) is 21.1. The molecule has 0 aliphatic rings. The van der Waals surface area contributed by atoms with Crippen LogP contribution in [0.1, 0.15) is 45.7 Å². The summed E-state index contributed by atoms with van der Waals surface area (Å²) in [4.78, 5) is 12.2. The van der Waals surface area contributed by atoms with E-state index < -0.39 is 11.5 Å². The lowest BCUT2D eigenvalue weighted by Crippen LogP contribution is -2.40. The highest BCUT2D eigenvalue weighted by Crippen LogP contribution is 2.34. The fourth-order valence-corrected chi connectivity index (χ4v) is 2.71. The molecule has 0 aliphatic carbocycles. The van der Waals surface area contributed by atoms with Crippen LogP contribution in [-0.4, -0.2) is 23.3 Å². The zero-order chi connectivity index (χ0) is 20.9. The number of hydrogen-bond donors (Lipinski definition) is 2. The van der Waals surface area contributed by atoms with Crippen LogP contribution in [0.15, 0.2) is 42.5 Å². The summed E-state index contributed by atoms with van der Waals surface area (Å²) in [5.41, 5.74) is 0.158. The molecule has 0 aliphatic heterocycles. The van der Waals surface area contributed by atoms with Crippen molar-refractivity contribution in [1.29, 1.82) is 5.26 Å². The van der Waals surface area contributed by atoms with E-state index in [-0.39, 0.29) is 12.2 Å². The van der Waals surface area contributed by atoms with Gasteiger partial charge in [0.1, 0.15) is 11.5 Å². The largest absolute Gasteiger partial charge is 0.491 e. The molecule has 148 valence electrons. The molecule has 2 rings (SSSR count). The first-order valence-corrected chi connectivity index (χ1v) is 9.14. The quantitative estimate of drug-likeness (QED) is 0.696. The van der Waals surface area contributed by atoms with Gasteiger partial charge >= 0.3 is 5.97 Å². The molecule has 0 radical (unpaired) electrons. The monoisotopic (exact) mass is 382 g/mol. The first-order chi connectivity index (χ1) is 13.1. The fraction of sp³-hybridized carbons (Fsp3) is 0.364. The molecule has 0 aromatic heterocycles. The Hall–Kier alpha value is -3.20. The van der Waals surface area contributed by atoms with Gasteiger partial charge in [-0.2, -0.15) is 5.26 Å². The lowest BCUT2D eigenvalue weighted by molar-refractivity contribution is -0.142. The second-order valence-electron chi connectivity index (χ2n) is 7.27. The van der Waals surface area contributed by atoms with E-state index in [0.717, 1.165) is 0 Å². The molecule has 6 nitrogen and oxygen atoms in total. The van der Waals surface area contributed by atoms with Crippen LogP contribution in [0, 0.1) is 11.3 Å². The molecule has 0 amide bonds. The minimum Gasteiger partial charge on any atom is -0.491 e. The summed E-state index contributed by atoms with van der Waals surface area (Å²) in [6.45, 7) is 9.20. The Morgan fingerprint density at radius 3 is 1.93 bits per heavy atom. The molecule has 2 aromatic rings. The summed E-state index contributed by atoms with van der Waals surface area (Å²) in [5.74, 6) is 0.0311. The predicted octanol–water partition coefficient (Wildman–Crippen LogP) is 4.54. The second kappa shape index (κ2) is 8.66. The predicted molar refractivity (Wildman–Crippen MR) is 108 cm³/mol. The van der Waals surface area contributed by atoms with Crippen LogP contribution in [0.3, 0.4) is 0 Å². The van der Waals surface area contributed by atoms with Gasteiger partial charge in [-0.1, -0.05) is 0 Å². The average Bonchev–Trinajstić information content (AvgIpc) is 2.60. The molecule has 0 heterocycles. The van der Waals surface area contributed by atoms with Gasteiger partial charge in [-0.05, 0) is 76.6 Å². The van der Waals surface area contributed by atoms with Crippen molar-refractivity contribution >= 4 is 11.7 Å². The molecule has 0 bridgehead atoms. The lowest BCUT2D eigenvalue weighted by Gasteiger charge is -2.29. The van der Waals surface area contributed by atoms with Crippen molar-refractivity contribution < 1.29 is 19.4 Å². The number of aliphatic carboxylic acids is 1. The van der Waals surface area contributed by atoms with Gasteiger partial charge in [0.15, 0.2) is 5.54 Å². The Bertz CT molecular complexity index is 841. The number of anilines is 1. The van der Waals surface area contributed by atoms with Gasteiger partial charge in [-0.15, -0.1) is 0 Å². The number of benzene rings is 2. The number of hydrogen-bond acceptors (Lipinski definition) is 5. The summed E-state index contributed by atoms with van der Waals surface area (Å²) in [7, 11) is 0. The number of rotatable bonds is 8. The Balaban J connectivity index is 2.49. The van der Waals surface area contributed by atoms with E-state index in [2.05, 4.69) is 5.32 Å². The van der Waals surface area contributed by atoms with Gasteiger partial charge in [0.05, 0.1) is 23.8 Å². The van der Waals surface area contributed by atoms with Gasteiger partial charge in [-0.3, -0.25) is 0 Å². The summed E-state index contributed by atoms with van der Waals surface area (Å²) >= 11 is 0. The zero-order valence-electron chi connectivity index (χ0n) is 16.8. The third-order valence-electron chi connectivity index (χ3n) is 4.04. The van der Waals surface area contributed by atoms with Crippen molar-refractivity contribution in [2.24, 2.45) is 0 Å². The number of nitriles is 1. The van der Waals surface area contributed by atoms with Crippen molar-refractivity contribution in [1.82, 2.24) is 0 Å². The Morgan fingerprint density at radius 2 is 1.54 bits per heavy atom. The molecule has 6 heteroatoms. The number of nitrogens with zero attached hydrogens (tertiary/aromatic N) is 1. The van der Waals surface area contributed by atoms with E-state index in [1.807, 2.05) is 33.8 Å². The lowest BCUT2D eigenvalue weighted by atomic mass is 9.91. The van der Waals surface area contributed by atoms with Crippen LogP contribution in [0.2, 0.25) is 0 Å². The van der Waals surface area contributed by atoms with Crippen LogP contribution < -0.4 is 14.8 Å². The summed E-state index contributed by atoms with van der Waals surface area (Å²) in [5, 5.41) is 22.0. The van der Waals surface area contributed by atoms with Gasteiger partial charge in [-0.25, -0.2) is 4.79 Å². The first-order valence-electron chi connectivity index (χ1n) is 9.14. The van der Waals surface area contributed by atoms with E-state index in [1.165, 1.54) is 0 Å². The van der Waals surface area contributed by atoms with Crippen LogP contribution in [-0.2, 0) is 10.3 Å². The number of carboxylic acid groups (broad SMARTS) is 1. The molecular formula is C22H26N2O4. The zero-order valence-corrected chi connectivity index (χ0v) is 16.8. The Kier molecular flexibility index (Phi) is 6.53. The second-order valence-corrected chi connectivity index (χ2v) is 7.27. The molecule has 0 fully saturated rings. The highest BCUT2D eigenvalue weighted by Gasteiger charge is 2.36. The Labute approximate surface area is 165 Å². The van der Waals surface area contributed by atoms with Crippen molar-refractivity contribution in [3.63, 3.8) is 0 Å². The SMILES string of the molecule is CC(C)Oc1cc(OC(C)C)cc(C(C)(Nc2ccc(C#N)cc2)C(=O)O)c1. The van der Waals surface area contributed by atoms with Gasteiger partial charge in [0, 0.05) is 11.8 Å². The minimum absolute atomic E-state index is 0.0651. The standard InChI is InChI=1S/C22H26N2O4/c1-14(2)27-19-10-17(11-20(12-19)28-15(3)4)22(5,21(25)26)24-18-8-6-16(13-23)7-9-18/h6-12,14-15,24H,1-5H3,(H,25,26). The van der Waals surface area contributed by atoms with E-state index in [1.54, 1.807) is 49.4 Å². The number of nitrogens with one attached hydrogen (secondary N) is 1. The van der Waals surface area contributed by atoms with E-state index in [9.17, 15) is 9.90 Å². The van der Waals surface area contributed by atoms with Crippen LogP contribution in [0.25, 0.3) is 0 Å². The molecule has 1 atom stereocenters. The summed E-state index contributed by atoms with van der Waals surface area (Å²) < 4.78 is 11.6. The molecular weight excluding hydrogens is 356 g/mol. The highest BCUT2D eigenvalue weighted by molar-refractivity contribution is 5.84. The van der Waals surface area contributed by atoms with Gasteiger partial charge in [0.25, 0.3) is 0 Å². The van der Waals surface area contributed by atoms with E-state index in [4.69, 9.17) is 14.7 Å². The fourth-order valence-electron chi connectivity index (χ4n) is 2.71. The number of carbonyl (C=O) groups is 1. The molecule has 0 saturated carbocycles. The third kappa shape index (κ3) is 5.17. The Morgan fingerprint density at radius 1 is 1.04 bits per heavy atom. The molecule has 0 saturated heterocycles. The highest BCUT2D eigenvalue weighted by atomic mass is 16.5. The minimum atomic E-state index is -1.43. The maximum Gasteiger partial charge on any atom is 0.333 e. The maximum atomic E-state index is 12.2. The van der Waals surface area contributed by atoms with Crippen LogP contribution in [0.5, 0.6) is 11.5 Å². The summed E-state index contributed by atoms with van der Waals surface area (Å²) in [6.07, 6.45) is -0.130. The third-order valence-corrected chi connectivity index (χ3v) is 4.04. The average molecular weight is 382 g/mol. The topological polar surface area (TPSA) is 91.6 Å². The van der Waals surface area contributed by atoms with Crippen molar-refractivity contribution in [2.45, 2.75) is 52.4 Å². The van der Waals surface area contributed by atoms with Gasteiger partial charge in [0.2, 0.25) is 0 Å². The van der Waals surface area contributed by atoms with Crippen LogP contribution in [0.4, 0.5) is 5.69 Å². The van der Waals surface area contributed by atoms with E-state index in [0.29, 0.717) is 28.3 Å². The summed E-state index contributed by atoms with van der Waals surface area (Å²) in [6, 6.07) is 13.8. The van der Waals surface area contributed by atoms with Gasteiger partial charge < -0.3 is 19.9 Å². The number of ether oxygens (including phenoxy) is 2. The van der Waals surface area contributed by atoms with Crippen LogP contribution >= 0.6 is 0 Å². The molecule has 28 heavy (non-hydrogen) atoms. The van der Waals surface area contributed by atoms with E-state index >= 15 is 0 Å². The normalized spacial score (nSPS) is 12.9. The van der Waals surface area contributed by atoms with Crippen molar-refractivity contribution in [2.75, 3.05) is 5.32 Å². The van der Waals surface area contributed by atoms with Crippen molar-refractivity contribution in [3.8, 4) is 17.6 Å². The van der Waals surface area contributed by atoms with Crippen molar-refractivity contribution in [3.05, 3.63) is 53.6 Å². The molecule has 2 aromatic carbocycles. The maximum absolute atomic E-state index is 12.2. The smallest absolute Gasteiger partial charge is 0.333 e. The molecule has 1 unspecified atom stereocenters. The molecule has 0 spiro atoms. The number of carboxylic acids is 1. The molecule has 2 N–H and O–H groups in total.